The number of hydrogen-bond acceptors (Lipinski definition) is 3. The Morgan fingerprint density at radius 2 is 1.83 bits per heavy atom. The first kappa shape index (κ1) is 12.1. The van der Waals surface area contributed by atoms with Crippen LogP contribution in [0.3, 0.4) is 0 Å². The van der Waals surface area contributed by atoms with Crippen LogP contribution in [0.2, 0.25) is 0 Å². The zero-order chi connectivity index (χ0) is 13.0. The van der Waals surface area contributed by atoms with Crippen LogP contribution in [0.1, 0.15) is 10.4 Å². The fraction of sp³-hybridized carbons (Fsp3) is 0.0714. The van der Waals surface area contributed by atoms with E-state index in [0.29, 0.717) is 17.0 Å². The van der Waals surface area contributed by atoms with Crippen LogP contribution in [-0.2, 0) is 0 Å². The maximum absolute atomic E-state index is 12.2. The monoisotopic (exact) mass is 242 g/mol. The number of methoxy groups -OCH3 is 1. The normalized spacial score (nSPS) is 9.89. The molecule has 0 saturated heterocycles. The van der Waals surface area contributed by atoms with Crippen LogP contribution in [0.4, 0.5) is 5.69 Å². The van der Waals surface area contributed by atoms with Crippen LogP contribution in [0.25, 0.3) is 0 Å². The van der Waals surface area contributed by atoms with Crippen molar-refractivity contribution in [3.8, 4) is 5.75 Å². The lowest BCUT2D eigenvalue weighted by atomic mass is 10.2. The van der Waals surface area contributed by atoms with E-state index in [1.807, 2.05) is 18.2 Å². The molecule has 0 saturated carbocycles. The molecule has 4 heteroatoms. The molecule has 1 amide bonds. The van der Waals surface area contributed by atoms with Crippen molar-refractivity contribution in [2.75, 3.05) is 12.1 Å². The number of hydrazine groups is 1. The third kappa shape index (κ3) is 2.49. The summed E-state index contributed by atoms with van der Waals surface area (Å²) in [6, 6.07) is 16.0. The van der Waals surface area contributed by atoms with E-state index in [1.165, 1.54) is 0 Å². The number of para-hydroxylation sites is 1. The quantitative estimate of drug-likeness (QED) is 0.510. The lowest BCUT2D eigenvalue weighted by Gasteiger charge is -2.16. The van der Waals surface area contributed by atoms with Gasteiger partial charge in [-0.1, -0.05) is 24.3 Å². The predicted octanol–water partition coefficient (Wildman–Crippen LogP) is 2.22. The van der Waals surface area contributed by atoms with Gasteiger partial charge in [-0.3, -0.25) is 4.79 Å². The molecular formula is C14H14N2O2. The van der Waals surface area contributed by atoms with Crippen molar-refractivity contribution >= 4 is 11.6 Å². The average molecular weight is 242 g/mol. The SMILES string of the molecule is COc1cccc(C(=O)N(N)c2ccccc2)c1. The van der Waals surface area contributed by atoms with Crippen LogP contribution >= 0.6 is 0 Å². The molecule has 0 atom stereocenters. The van der Waals surface area contributed by atoms with E-state index in [1.54, 1.807) is 43.5 Å². The molecule has 0 fully saturated rings. The highest BCUT2D eigenvalue weighted by molar-refractivity contribution is 6.05. The van der Waals surface area contributed by atoms with Crippen molar-refractivity contribution in [3.63, 3.8) is 0 Å². The molecule has 0 unspecified atom stereocenters. The fourth-order valence-electron chi connectivity index (χ4n) is 1.60. The molecule has 0 bridgehead atoms. The molecule has 2 rings (SSSR count). The first-order valence-corrected chi connectivity index (χ1v) is 5.50. The summed E-state index contributed by atoms with van der Waals surface area (Å²) in [6.45, 7) is 0. The number of nitrogens with two attached hydrogens (primary N) is 1. The van der Waals surface area contributed by atoms with Gasteiger partial charge in [-0.05, 0) is 30.3 Å². The smallest absolute Gasteiger partial charge is 0.272 e. The lowest BCUT2D eigenvalue weighted by Crippen LogP contribution is -2.37. The minimum atomic E-state index is -0.278. The Kier molecular flexibility index (Phi) is 3.60. The highest BCUT2D eigenvalue weighted by atomic mass is 16.5. The van der Waals surface area contributed by atoms with Gasteiger partial charge in [0.2, 0.25) is 0 Å². The third-order valence-corrected chi connectivity index (χ3v) is 2.57. The Bertz CT molecular complexity index is 541. The van der Waals surface area contributed by atoms with Crippen LogP contribution in [-0.4, -0.2) is 13.0 Å². The van der Waals surface area contributed by atoms with Crippen molar-refractivity contribution in [1.29, 1.82) is 0 Å². The van der Waals surface area contributed by atoms with Crippen LogP contribution in [0.15, 0.2) is 54.6 Å². The molecule has 2 aromatic carbocycles. The molecule has 4 nitrogen and oxygen atoms in total. The molecule has 0 aromatic heterocycles. The summed E-state index contributed by atoms with van der Waals surface area (Å²) in [5.41, 5.74) is 1.13. The average Bonchev–Trinajstić information content (AvgIpc) is 2.46. The van der Waals surface area contributed by atoms with Crippen LogP contribution < -0.4 is 15.6 Å². The summed E-state index contributed by atoms with van der Waals surface area (Å²) in [6.07, 6.45) is 0. The van der Waals surface area contributed by atoms with Crippen molar-refractivity contribution in [2.24, 2.45) is 5.84 Å². The van der Waals surface area contributed by atoms with E-state index >= 15 is 0 Å². The van der Waals surface area contributed by atoms with Gasteiger partial charge < -0.3 is 4.74 Å². The Morgan fingerprint density at radius 3 is 2.50 bits per heavy atom. The molecule has 0 spiro atoms. The molecule has 18 heavy (non-hydrogen) atoms. The molecule has 2 aromatic rings. The summed E-state index contributed by atoms with van der Waals surface area (Å²) < 4.78 is 5.08. The Balaban J connectivity index is 2.25. The van der Waals surface area contributed by atoms with E-state index in [0.717, 1.165) is 5.01 Å². The van der Waals surface area contributed by atoms with Crippen molar-refractivity contribution in [1.82, 2.24) is 0 Å². The van der Waals surface area contributed by atoms with Gasteiger partial charge in [0.05, 0.1) is 12.8 Å². The van der Waals surface area contributed by atoms with E-state index in [4.69, 9.17) is 10.6 Å². The van der Waals surface area contributed by atoms with Gasteiger partial charge in [-0.2, -0.15) is 0 Å². The third-order valence-electron chi connectivity index (χ3n) is 2.57. The van der Waals surface area contributed by atoms with Crippen LogP contribution in [0, 0.1) is 0 Å². The number of hydrogen-bond donors (Lipinski definition) is 1. The second kappa shape index (κ2) is 5.33. The zero-order valence-electron chi connectivity index (χ0n) is 10.0. The summed E-state index contributed by atoms with van der Waals surface area (Å²) >= 11 is 0. The first-order valence-electron chi connectivity index (χ1n) is 5.50. The molecular weight excluding hydrogens is 228 g/mol. The number of benzene rings is 2. The number of carbonyl (C=O) groups is 1. The second-order valence-corrected chi connectivity index (χ2v) is 3.74. The number of anilines is 1. The Morgan fingerprint density at radius 1 is 1.11 bits per heavy atom. The van der Waals surface area contributed by atoms with E-state index in [9.17, 15) is 4.79 Å². The summed E-state index contributed by atoms with van der Waals surface area (Å²) in [5, 5.41) is 1.12. The summed E-state index contributed by atoms with van der Waals surface area (Å²) in [7, 11) is 1.56. The lowest BCUT2D eigenvalue weighted by molar-refractivity contribution is 0.0986. The standard InChI is InChI=1S/C14H14N2O2/c1-18-13-9-5-6-11(10-13)14(17)16(15)12-7-3-2-4-8-12/h2-10H,15H2,1H3. The molecule has 0 aliphatic rings. The first-order chi connectivity index (χ1) is 8.72. The van der Waals surface area contributed by atoms with Gasteiger partial charge in [0, 0.05) is 5.56 Å². The molecule has 92 valence electrons. The topological polar surface area (TPSA) is 55.6 Å². The summed E-state index contributed by atoms with van der Waals surface area (Å²) in [4.78, 5) is 12.2. The molecule has 0 heterocycles. The van der Waals surface area contributed by atoms with E-state index in [2.05, 4.69) is 0 Å². The van der Waals surface area contributed by atoms with Gasteiger partial charge in [0.15, 0.2) is 0 Å². The number of ether oxygens (including phenoxy) is 1. The Hall–Kier alpha value is -2.33. The van der Waals surface area contributed by atoms with Crippen molar-refractivity contribution in [3.05, 3.63) is 60.2 Å². The van der Waals surface area contributed by atoms with Gasteiger partial charge >= 0.3 is 0 Å². The van der Waals surface area contributed by atoms with Crippen molar-refractivity contribution in [2.45, 2.75) is 0 Å². The number of rotatable bonds is 3. The summed E-state index contributed by atoms with van der Waals surface area (Å²) in [5.74, 6) is 6.15. The second-order valence-electron chi connectivity index (χ2n) is 3.74. The van der Waals surface area contributed by atoms with E-state index in [-0.39, 0.29) is 5.91 Å². The predicted molar refractivity (Wildman–Crippen MR) is 70.4 cm³/mol. The molecule has 2 N–H and O–H groups in total. The highest BCUT2D eigenvalue weighted by Crippen LogP contribution is 2.17. The van der Waals surface area contributed by atoms with Gasteiger partial charge in [0.25, 0.3) is 5.91 Å². The van der Waals surface area contributed by atoms with Gasteiger partial charge in [0.1, 0.15) is 5.75 Å². The van der Waals surface area contributed by atoms with Crippen LogP contribution in [0.5, 0.6) is 5.75 Å². The minimum Gasteiger partial charge on any atom is -0.497 e. The number of amides is 1. The molecule has 0 aliphatic carbocycles. The largest absolute Gasteiger partial charge is 0.497 e. The molecule has 0 aliphatic heterocycles. The number of carbonyl (C=O) groups excluding carboxylic acids is 1. The van der Waals surface area contributed by atoms with E-state index < -0.39 is 0 Å². The minimum absolute atomic E-state index is 0.278. The van der Waals surface area contributed by atoms with Crippen molar-refractivity contribution < 1.29 is 9.53 Å². The number of nitrogens with zero attached hydrogens (tertiary/aromatic N) is 1. The van der Waals surface area contributed by atoms with Gasteiger partial charge in [-0.25, -0.2) is 10.9 Å². The molecule has 0 radical (unpaired) electrons. The zero-order valence-corrected chi connectivity index (χ0v) is 10.0. The van der Waals surface area contributed by atoms with Gasteiger partial charge in [-0.15, -0.1) is 0 Å². The maximum atomic E-state index is 12.2. The fourth-order valence-corrected chi connectivity index (χ4v) is 1.60. The highest BCUT2D eigenvalue weighted by Gasteiger charge is 2.14. The maximum Gasteiger partial charge on any atom is 0.272 e. The Labute approximate surface area is 106 Å².